The van der Waals surface area contributed by atoms with Crippen molar-refractivity contribution in [3.05, 3.63) is 35.4 Å². The number of halogens is 2. The molecule has 1 aromatic carbocycles. The summed E-state index contributed by atoms with van der Waals surface area (Å²) in [6.07, 6.45) is 2.12. The molecular formula is C12H16F2N2. The smallest absolute Gasteiger partial charge is 0.159 e. The molecule has 1 unspecified atom stereocenters. The molecule has 2 nitrogen and oxygen atoms in total. The van der Waals surface area contributed by atoms with Crippen molar-refractivity contribution in [3.8, 4) is 0 Å². The zero-order chi connectivity index (χ0) is 11.5. The van der Waals surface area contributed by atoms with Crippen molar-refractivity contribution in [2.75, 3.05) is 13.1 Å². The molecule has 0 saturated carbocycles. The first-order valence-electron chi connectivity index (χ1n) is 5.57. The van der Waals surface area contributed by atoms with Crippen molar-refractivity contribution < 1.29 is 8.78 Å². The maximum atomic E-state index is 13.0. The minimum absolute atomic E-state index is 0.207. The zero-order valence-electron chi connectivity index (χ0n) is 9.13. The van der Waals surface area contributed by atoms with Gasteiger partial charge in [-0.1, -0.05) is 6.07 Å². The summed E-state index contributed by atoms with van der Waals surface area (Å²) in [6.45, 7) is 2.45. The van der Waals surface area contributed by atoms with E-state index in [4.69, 9.17) is 5.73 Å². The topological polar surface area (TPSA) is 29.3 Å². The Kier molecular flexibility index (Phi) is 3.51. The summed E-state index contributed by atoms with van der Waals surface area (Å²) in [5.41, 5.74) is 6.66. The third-order valence-electron chi connectivity index (χ3n) is 2.93. The number of benzene rings is 1. The molecule has 4 heteroatoms. The number of nitrogens with two attached hydrogens (primary N) is 1. The van der Waals surface area contributed by atoms with Crippen molar-refractivity contribution in [1.82, 2.24) is 4.90 Å². The van der Waals surface area contributed by atoms with Crippen LogP contribution in [0.2, 0.25) is 0 Å². The number of hydrogen-bond donors (Lipinski definition) is 1. The lowest BCUT2D eigenvalue weighted by atomic mass is 10.1. The molecule has 0 aromatic heterocycles. The van der Waals surface area contributed by atoms with Crippen LogP contribution >= 0.6 is 0 Å². The minimum atomic E-state index is -0.793. The molecule has 88 valence electrons. The average Bonchev–Trinajstić information content (AvgIpc) is 2.24. The summed E-state index contributed by atoms with van der Waals surface area (Å²) < 4.78 is 25.7. The van der Waals surface area contributed by atoms with Gasteiger partial charge < -0.3 is 5.73 Å². The van der Waals surface area contributed by atoms with Crippen LogP contribution in [0, 0.1) is 11.6 Å². The molecule has 0 bridgehead atoms. The summed E-state index contributed by atoms with van der Waals surface area (Å²) in [5.74, 6) is -1.57. The van der Waals surface area contributed by atoms with E-state index in [-0.39, 0.29) is 6.04 Å². The van der Waals surface area contributed by atoms with Gasteiger partial charge >= 0.3 is 0 Å². The van der Waals surface area contributed by atoms with Gasteiger partial charge in [0.05, 0.1) is 0 Å². The summed E-state index contributed by atoms with van der Waals surface area (Å²) in [7, 11) is 0. The van der Waals surface area contributed by atoms with Gasteiger partial charge in [0.2, 0.25) is 0 Å². The Balaban J connectivity index is 2.00. The van der Waals surface area contributed by atoms with Gasteiger partial charge in [-0.05, 0) is 37.1 Å². The van der Waals surface area contributed by atoms with Gasteiger partial charge in [-0.15, -0.1) is 0 Å². The van der Waals surface area contributed by atoms with E-state index < -0.39 is 11.6 Å². The van der Waals surface area contributed by atoms with Gasteiger partial charge in [0, 0.05) is 19.1 Å². The van der Waals surface area contributed by atoms with Gasteiger partial charge in [0.1, 0.15) is 0 Å². The number of likely N-dealkylation sites (tertiary alicyclic amines) is 1. The monoisotopic (exact) mass is 226 g/mol. The molecule has 2 rings (SSSR count). The van der Waals surface area contributed by atoms with Crippen molar-refractivity contribution in [3.63, 3.8) is 0 Å². The van der Waals surface area contributed by atoms with Crippen LogP contribution in [-0.4, -0.2) is 24.0 Å². The normalized spacial score (nSPS) is 22.3. The second-order valence-electron chi connectivity index (χ2n) is 4.39. The number of nitrogens with zero attached hydrogens (tertiary/aromatic N) is 1. The minimum Gasteiger partial charge on any atom is -0.327 e. The fourth-order valence-electron chi connectivity index (χ4n) is 2.13. The van der Waals surface area contributed by atoms with Gasteiger partial charge in [-0.25, -0.2) is 8.78 Å². The highest BCUT2D eigenvalue weighted by Gasteiger charge is 2.16. The lowest BCUT2D eigenvalue weighted by molar-refractivity contribution is 0.201. The molecule has 16 heavy (non-hydrogen) atoms. The third-order valence-corrected chi connectivity index (χ3v) is 2.93. The highest BCUT2D eigenvalue weighted by Crippen LogP contribution is 2.14. The van der Waals surface area contributed by atoms with Crippen LogP contribution in [0.25, 0.3) is 0 Å². The summed E-state index contributed by atoms with van der Waals surface area (Å²) in [6, 6.07) is 4.27. The summed E-state index contributed by atoms with van der Waals surface area (Å²) >= 11 is 0. The van der Waals surface area contributed by atoms with Crippen LogP contribution in [0.5, 0.6) is 0 Å². The molecule has 2 N–H and O–H groups in total. The first-order chi connectivity index (χ1) is 7.65. The fraction of sp³-hybridized carbons (Fsp3) is 0.500. The molecule has 0 radical (unpaired) electrons. The predicted molar refractivity (Wildman–Crippen MR) is 58.8 cm³/mol. The first kappa shape index (κ1) is 11.5. The quantitative estimate of drug-likeness (QED) is 0.834. The zero-order valence-corrected chi connectivity index (χ0v) is 9.13. The first-order valence-corrected chi connectivity index (χ1v) is 5.57. The Hall–Kier alpha value is -1.00. The molecule has 0 spiro atoms. The Morgan fingerprint density at radius 2 is 2.12 bits per heavy atom. The fourth-order valence-corrected chi connectivity index (χ4v) is 2.13. The highest BCUT2D eigenvalue weighted by molar-refractivity contribution is 5.17. The van der Waals surface area contributed by atoms with E-state index in [1.165, 1.54) is 12.1 Å². The predicted octanol–water partition coefficient (Wildman–Crippen LogP) is 1.89. The maximum Gasteiger partial charge on any atom is 0.159 e. The second-order valence-corrected chi connectivity index (χ2v) is 4.39. The second kappa shape index (κ2) is 4.89. The SMILES string of the molecule is NC1CCCN(Cc2ccc(F)c(F)c2)C1. The highest BCUT2D eigenvalue weighted by atomic mass is 19.2. The van der Waals surface area contributed by atoms with E-state index >= 15 is 0 Å². The largest absolute Gasteiger partial charge is 0.327 e. The number of hydrogen-bond acceptors (Lipinski definition) is 2. The van der Waals surface area contributed by atoms with Crippen molar-refractivity contribution in [2.24, 2.45) is 5.73 Å². The van der Waals surface area contributed by atoms with Crippen LogP contribution in [-0.2, 0) is 6.54 Å². The lowest BCUT2D eigenvalue weighted by Gasteiger charge is -2.30. The van der Waals surface area contributed by atoms with E-state index in [1.807, 2.05) is 0 Å². The summed E-state index contributed by atoms with van der Waals surface area (Å²) in [4.78, 5) is 2.18. The Labute approximate surface area is 94.0 Å². The molecule has 1 heterocycles. The van der Waals surface area contributed by atoms with Gasteiger partial charge in [0.25, 0.3) is 0 Å². The molecule has 1 aliphatic rings. The molecule has 1 atom stereocenters. The summed E-state index contributed by atoms with van der Waals surface area (Å²) in [5, 5.41) is 0. The third kappa shape index (κ3) is 2.77. The molecule has 0 amide bonds. The van der Waals surface area contributed by atoms with E-state index in [0.29, 0.717) is 6.54 Å². The van der Waals surface area contributed by atoms with E-state index in [9.17, 15) is 8.78 Å². The molecule has 1 fully saturated rings. The molecule has 1 saturated heterocycles. The van der Waals surface area contributed by atoms with Crippen molar-refractivity contribution in [1.29, 1.82) is 0 Å². The van der Waals surface area contributed by atoms with Crippen LogP contribution in [0.3, 0.4) is 0 Å². The number of rotatable bonds is 2. The molecule has 1 aliphatic heterocycles. The Morgan fingerprint density at radius 1 is 1.31 bits per heavy atom. The van der Waals surface area contributed by atoms with Gasteiger partial charge in [-0.2, -0.15) is 0 Å². The van der Waals surface area contributed by atoms with Crippen molar-refractivity contribution in [2.45, 2.75) is 25.4 Å². The molecule has 1 aromatic rings. The Morgan fingerprint density at radius 3 is 2.81 bits per heavy atom. The van der Waals surface area contributed by atoms with Crippen LogP contribution < -0.4 is 5.73 Å². The average molecular weight is 226 g/mol. The van der Waals surface area contributed by atoms with Crippen LogP contribution in [0.15, 0.2) is 18.2 Å². The van der Waals surface area contributed by atoms with E-state index in [0.717, 1.165) is 31.5 Å². The maximum absolute atomic E-state index is 13.0. The standard InChI is InChI=1S/C12H16F2N2/c13-11-4-3-9(6-12(11)14)7-16-5-1-2-10(15)8-16/h3-4,6,10H,1-2,5,7-8,15H2. The molecule has 0 aliphatic carbocycles. The van der Waals surface area contributed by atoms with Crippen LogP contribution in [0.4, 0.5) is 8.78 Å². The number of piperidine rings is 1. The van der Waals surface area contributed by atoms with Gasteiger partial charge in [-0.3, -0.25) is 4.90 Å². The van der Waals surface area contributed by atoms with Crippen LogP contribution in [0.1, 0.15) is 18.4 Å². The van der Waals surface area contributed by atoms with Crippen molar-refractivity contribution >= 4 is 0 Å². The van der Waals surface area contributed by atoms with Gasteiger partial charge in [0.15, 0.2) is 11.6 Å². The van der Waals surface area contributed by atoms with E-state index in [1.54, 1.807) is 6.07 Å². The molecular weight excluding hydrogens is 210 g/mol. The van der Waals surface area contributed by atoms with E-state index in [2.05, 4.69) is 4.90 Å². The lowest BCUT2D eigenvalue weighted by Crippen LogP contribution is -2.42. The Bertz CT molecular complexity index is 368.